The Morgan fingerprint density at radius 2 is 1.96 bits per heavy atom. The topological polar surface area (TPSA) is 88.5 Å². The zero-order valence-corrected chi connectivity index (χ0v) is 13.0. The summed E-state index contributed by atoms with van der Waals surface area (Å²) in [6.45, 7) is 0. The van der Waals surface area contributed by atoms with Crippen molar-refractivity contribution in [3.05, 3.63) is 54.4 Å². The van der Waals surface area contributed by atoms with E-state index in [1.54, 1.807) is 18.2 Å². The first-order chi connectivity index (χ1) is 11.6. The molecule has 0 saturated heterocycles. The van der Waals surface area contributed by atoms with Crippen molar-refractivity contribution in [3.8, 4) is 11.5 Å². The van der Waals surface area contributed by atoms with Crippen molar-refractivity contribution in [1.82, 2.24) is 10.3 Å². The van der Waals surface area contributed by atoms with Gasteiger partial charge in [-0.1, -0.05) is 31.0 Å². The minimum absolute atomic E-state index is 0.130. The summed E-state index contributed by atoms with van der Waals surface area (Å²) >= 11 is 0. The molecular formula is C18H18N2O4. The lowest BCUT2D eigenvalue weighted by Gasteiger charge is -2.14. The number of nitrogens with zero attached hydrogens (tertiary/aromatic N) is 1. The average Bonchev–Trinajstić information content (AvgIpc) is 3.39. The van der Waals surface area contributed by atoms with Gasteiger partial charge in [0.05, 0.1) is 0 Å². The normalized spacial score (nSPS) is 14.7. The fourth-order valence-electron chi connectivity index (χ4n) is 2.36. The number of para-hydroxylation sites is 1. The zero-order valence-electron chi connectivity index (χ0n) is 13.0. The van der Waals surface area contributed by atoms with Crippen molar-refractivity contribution in [2.24, 2.45) is 5.92 Å². The highest BCUT2D eigenvalue weighted by molar-refractivity contribution is 5.95. The van der Waals surface area contributed by atoms with Crippen LogP contribution < -0.4 is 10.1 Å². The summed E-state index contributed by atoms with van der Waals surface area (Å²) in [5.41, 5.74) is 0.130. The van der Waals surface area contributed by atoms with Gasteiger partial charge >= 0.3 is 5.97 Å². The monoisotopic (exact) mass is 326 g/mol. The molecule has 1 heterocycles. The minimum atomic E-state index is -1.02. The Morgan fingerprint density at radius 1 is 1.21 bits per heavy atom. The minimum Gasteiger partial charge on any atom is -0.480 e. The maximum atomic E-state index is 12.3. The van der Waals surface area contributed by atoms with E-state index in [4.69, 9.17) is 4.74 Å². The molecule has 6 nitrogen and oxygen atoms in total. The maximum Gasteiger partial charge on any atom is 0.326 e. The second-order valence-corrected chi connectivity index (χ2v) is 5.84. The molecule has 1 saturated carbocycles. The molecule has 2 N–H and O–H groups in total. The number of hydrogen-bond donors (Lipinski definition) is 2. The molecule has 1 unspecified atom stereocenters. The summed E-state index contributed by atoms with van der Waals surface area (Å²) in [5.74, 6) is -0.0248. The largest absolute Gasteiger partial charge is 0.480 e. The van der Waals surface area contributed by atoms with Gasteiger partial charge in [0, 0.05) is 12.3 Å². The standard InChI is InChI=1S/C18H18N2O4/c21-17(20-16(18(22)23)10-12-6-7-12)15-11-14(8-9-19-15)24-13-4-2-1-3-5-13/h1-5,8-9,11-12,16H,6-7,10H2,(H,20,21)(H,22,23). The summed E-state index contributed by atoms with van der Waals surface area (Å²) < 4.78 is 5.66. The molecule has 1 amide bonds. The van der Waals surface area contributed by atoms with Crippen LogP contribution in [0, 0.1) is 5.92 Å². The third-order valence-electron chi connectivity index (χ3n) is 3.81. The molecule has 1 atom stereocenters. The van der Waals surface area contributed by atoms with Gasteiger partial charge in [-0.25, -0.2) is 4.79 Å². The Balaban J connectivity index is 1.68. The number of amides is 1. The number of hydrogen-bond acceptors (Lipinski definition) is 4. The van der Waals surface area contributed by atoms with Crippen LogP contribution >= 0.6 is 0 Å². The molecule has 0 radical (unpaired) electrons. The van der Waals surface area contributed by atoms with Gasteiger partial charge in [-0.3, -0.25) is 9.78 Å². The van der Waals surface area contributed by atoms with Gasteiger partial charge in [0.2, 0.25) is 0 Å². The van der Waals surface area contributed by atoms with Crippen molar-refractivity contribution < 1.29 is 19.4 Å². The molecule has 124 valence electrons. The van der Waals surface area contributed by atoms with Crippen molar-refractivity contribution in [1.29, 1.82) is 0 Å². The third kappa shape index (κ3) is 4.32. The van der Waals surface area contributed by atoms with Gasteiger partial charge in [-0.05, 0) is 30.5 Å². The first-order valence-corrected chi connectivity index (χ1v) is 7.84. The van der Waals surface area contributed by atoms with Crippen LogP contribution in [0.2, 0.25) is 0 Å². The van der Waals surface area contributed by atoms with E-state index in [1.165, 1.54) is 12.3 Å². The molecule has 1 aliphatic rings. The summed E-state index contributed by atoms with van der Waals surface area (Å²) in [6.07, 6.45) is 3.97. The molecule has 3 rings (SSSR count). The summed E-state index contributed by atoms with van der Waals surface area (Å²) in [7, 11) is 0. The van der Waals surface area contributed by atoms with Gasteiger partial charge in [0.15, 0.2) is 0 Å². The number of pyridine rings is 1. The van der Waals surface area contributed by atoms with Crippen molar-refractivity contribution in [3.63, 3.8) is 0 Å². The number of carboxylic acid groups (broad SMARTS) is 1. The zero-order chi connectivity index (χ0) is 16.9. The molecule has 0 spiro atoms. The molecule has 6 heteroatoms. The average molecular weight is 326 g/mol. The Labute approximate surface area is 139 Å². The van der Waals surface area contributed by atoms with Crippen LogP contribution in [-0.4, -0.2) is 28.0 Å². The van der Waals surface area contributed by atoms with Crippen LogP contribution in [0.4, 0.5) is 0 Å². The Morgan fingerprint density at radius 3 is 2.62 bits per heavy atom. The lowest BCUT2D eigenvalue weighted by Crippen LogP contribution is -2.41. The van der Waals surface area contributed by atoms with E-state index in [0.29, 0.717) is 23.8 Å². The molecular weight excluding hydrogens is 308 g/mol. The van der Waals surface area contributed by atoms with E-state index in [9.17, 15) is 14.7 Å². The number of carbonyl (C=O) groups is 2. The Kier molecular flexibility index (Phi) is 4.74. The molecule has 1 aromatic carbocycles. The highest BCUT2D eigenvalue weighted by Crippen LogP contribution is 2.33. The number of carboxylic acids is 1. The van der Waals surface area contributed by atoms with E-state index in [0.717, 1.165) is 12.8 Å². The Bertz CT molecular complexity index is 729. The quantitative estimate of drug-likeness (QED) is 0.817. The van der Waals surface area contributed by atoms with Crippen molar-refractivity contribution >= 4 is 11.9 Å². The predicted octanol–water partition coefficient (Wildman–Crippen LogP) is 2.86. The molecule has 24 heavy (non-hydrogen) atoms. The van der Waals surface area contributed by atoms with Crippen molar-refractivity contribution in [2.75, 3.05) is 0 Å². The van der Waals surface area contributed by atoms with Gasteiger partial charge in [-0.2, -0.15) is 0 Å². The first kappa shape index (κ1) is 16.0. The van der Waals surface area contributed by atoms with Crippen LogP contribution in [0.3, 0.4) is 0 Å². The number of aromatic nitrogens is 1. The number of benzene rings is 1. The van der Waals surface area contributed by atoms with E-state index >= 15 is 0 Å². The molecule has 1 aliphatic carbocycles. The van der Waals surface area contributed by atoms with Crippen LogP contribution in [0.1, 0.15) is 29.8 Å². The van der Waals surface area contributed by atoms with E-state index < -0.39 is 17.9 Å². The van der Waals surface area contributed by atoms with Gasteiger partial charge in [0.1, 0.15) is 23.2 Å². The molecule has 1 aromatic heterocycles. The molecule has 0 bridgehead atoms. The number of aliphatic carboxylic acids is 1. The summed E-state index contributed by atoms with van der Waals surface area (Å²) in [4.78, 5) is 27.6. The predicted molar refractivity (Wildman–Crippen MR) is 87.0 cm³/mol. The third-order valence-corrected chi connectivity index (χ3v) is 3.81. The van der Waals surface area contributed by atoms with Crippen molar-refractivity contribution in [2.45, 2.75) is 25.3 Å². The lowest BCUT2D eigenvalue weighted by molar-refractivity contribution is -0.139. The first-order valence-electron chi connectivity index (χ1n) is 7.84. The van der Waals surface area contributed by atoms with E-state index in [-0.39, 0.29) is 5.69 Å². The van der Waals surface area contributed by atoms with Gasteiger partial charge in [-0.15, -0.1) is 0 Å². The number of rotatable bonds is 7. The van der Waals surface area contributed by atoms with E-state index in [1.807, 2.05) is 18.2 Å². The van der Waals surface area contributed by atoms with Crippen LogP contribution in [-0.2, 0) is 4.79 Å². The van der Waals surface area contributed by atoms with E-state index in [2.05, 4.69) is 10.3 Å². The van der Waals surface area contributed by atoms with Gasteiger partial charge in [0.25, 0.3) is 5.91 Å². The SMILES string of the molecule is O=C(NC(CC1CC1)C(=O)O)c1cc(Oc2ccccc2)ccn1. The number of carbonyl (C=O) groups excluding carboxylic acids is 1. The van der Waals surface area contributed by atoms with Crippen LogP contribution in [0.15, 0.2) is 48.7 Å². The fourth-order valence-corrected chi connectivity index (χ4v) is 2.36. The highest BCUT2D eigenvalue weighted by Gasteiger charge is 2.30. The van der Waals surface area contributed by atoms with Crippen LogP contribution in [0.5, 0.6) is 11.5 Å². The smallest absolute Gasteiger partial charge is 0.326 e. The Hall–Kier alpha value is -2.89. The number of ether oxygens (including phenoxy) is 1. The highest BCUT2D eigenvalue weighted by atomic mass is 16.5. The molecule has 0 aliphatic heterocycles. The summed E-state index contributed by atoms with van der Waals surface area (Å²) in [5, 5.41) is 11.8. The second kappa shape index (κ2) is 7.12. The van der Waals surface area contributed by atoms with Crippen LogP contribution in [0.25, 0.3) is 0 Å². The van der Waals surface area contributed by atoms with Gasteiger partial charge < -0.3 is 15.2 Å². The maximum absolute atomic E-state index is 12.3. The number of nitrogens with one attached hydrogen (secondary N) is 1. The lowest BCUT2D eigenvalue weighted by atomic mass is 10.1. The fraction of sp³-hybridized carbons (Fsp3) is 0.278. The molecule has 1 fully saturated rings. The summed E-state index contributed by atoms with van der Waals surface area (Å²) in [6, 6.07) is 11.4. The molecule has 2 aromatic rings. The second-order valence-electron chi connectivity index (χ2n) is 5.84.